The summed E-state index contributed by atoms with van der Waals surface area (Å²) < 4.78 is -0.105. The fourth-order valence-corrected chi connectivity index (χ4v) is 12.8. The Labute approximate surface area is 438 Å². The number of aromatic nitrogens is 3. The Morgan fingerprint density at radius 1 is 0.630 bits per heavy atom. The van der Waals surface area contributed by atoms with Crippen molar-refractivity contribution in [3.8, 4) is 0 Å². The number of pyridine rings is 3. The first-order chi connectivity index (χ1) is 34.9. The highest BCUT2D eigenvalue weighted by molar-refractivity contribution is 8.00. The summed E-state index contributed by atoms with van der Waals surface area (Å²) in [5.74, 6) is -4.17. The van der Waals surface area contributed by atoms with Crippen LogP contribution in [-0.2, 0) is 48.0 Å². The van der Waals surface area contributed by atoms with Crippen LogP contribution in [0.25, 0.3) is 0 Å². The maximum Gasteiger partial charge on any atom is 0.333 e. The Morgan fingerprint density at radius 2 is 1.04 bits per heavy atom. The lowest BCUT2D eigenvalue weighted by atomic mass is 9.94. The van der Waals surface area contributed by atoms with E-state index in [0.717, 1.165) is 57.0 Å². The second-order valence-electron chi connectivity index (χ2n) is 18.5. The van der Waals surface area contributed by atoms with Crippen LogP contribution in [0, 0.1) is 17.8 Å². The van der Waals surface area contributed by atoms with E-state index in [0.29, 0.717) is 17.4 Å². The number of hydroxylamine groups is 2. The molecule has 6 atom stereocenters. The summed E-state index contributed by atoms with van der Waals surface area (Å²) in [7, 11) is 0. The molecular weight excluding hydrogens is 997 g/mol. The van der Waals surface area contributed by atoms with Gasteiger partial charge in [0.2, 0.25) is 23.6 Å². The molecule has 1 aliphatic carbocycles. The van der Waals surface area contributed by atoms with Crippen molar-refractivity contribution in [2.45, 2.75) is 173 Å². The zero-order valence-electron chi connectivity index (χ0n) is 42.0. The number of hydrogen-bond acceptors (Lipinski definition) is 16. The van der Waals surface area contributed by atoms with Crippen molar-refractivity contribution in [1.82, 2.24) is 29.8 Å². The van der Waals surface area contributed by atoms with E-state index < -0.39 is 53.6 Å². The van der Waals surface area contributed by atoms with Gasteiger partial charge in [-0.3, -0.25) is 38.6 Å². The van der Waals surface area contributed by atoms with Crippen molar-refractivity contribution in [3.05, 3.63) is 73.2 Å². The summed E-state index contributed by atoms with van der Waals surface area (Å²) in [6, 6.07) is 14.8. The number of hydrogen-bond donors (Lipinski definition) is 2. The quantitative estimate of drug-likeness (QED) is 0.0632. The third-order valence-corrected chi connectivity index (χ3v) is 17.7. The molecule has 4 aliphatic rings. The average molecular weight is 1060 g/mol. The minimum Gasteiger partial charge on any atom is -0.480 e. The lowest BCUT2D eigenvalue weighted by Gasteiger charge is -2.30. The summed E-state index contributed by atoms with van der Waals surface area (Å²) in [5.41, 5.74) is 0. The molecule has 3 aromatic heterocycles. The van der Waals surface area contributed by atoms with Crippen molar-refractivity contribution in [1.29, 1.82) is 0 Å². The standard InChI is InChI=1S/C18H24N2O4S.C17H20N2O4S.C17H22N2O4S/c1-3-12(4-2)14(25-15-7-5-6-10-19-15)11-13(18(23)24)20-16(21)8-9-17(20)22;1-17(12-5-6-12,24-13-4-2-3-11-18-13)10-9-16(22)23-19-14(20)7-8-15(19)21;1-3-11(2)13(24-14-6-4-5-9-18-14)10-12(17(22)23)19-15(20)7-8-16(19)21/h5-7,10,12-14H,3-4,8-9,11H2,1-2H3,(H,23,24);2-4,11-12H,5-10H2,1H3;4-6,9,11-13H,3,7-8,10H2,1-2H3,(H,22,23). The normalized spacial score (nSPS) is 18.6. The van der Waals surface area contributed by atoms with E-state index in [1.165, 1.54) is 23.5 Å². The fourth-order valence-electron chi connectivity index (χ4n) is 8.75. The van der Waals surface area contributed by atoms with Crippen molar-refractivity contribution < 1.29 is 58.2 Å². The Bertz CT molecular complexity index is 2350. The first-order valence-electron chi connectivity index (χ1n) is 24.9. The summed E-state index contributed by atoms with van der Waals surface area (Å²) in [5, 5.41) is 22.3. The van der Waals surface area contributed by atoms with Gasteiger partial charge in [-0.05, 0) is 93.2 Å². The van der Waals surface area contributed by atoms with Crippen LogP contribution in [0.15, 0.2) is 88.3 Å². The van der Waals surface area contributed by atoms with E-state index >= 15 is 0 Å². The highest BCUT2D eigenvalue weighted by atomic mass is 32.2. The number of amides is 6. The molecule has 7 rings (SSSR count). The van der Waals surface area contributed by atoms with Gasteiger partial charge in [0.15, 0.2) is 0 Å². The molecule has 4 fully saturated rings. The van der Waals surface area contributed by atoms with Crippen LogP contribution in [0.2, 0.25) is 0 Å². The third kappa shape index (κ3) is 16.9. The van der Waals surface area contributed by atoms with Gasteiger partial charge in [0.05, 0.1) is 15.1 Å². The zero-order valence-corrected chi connectivity index (χ0v) is 44.4. The molecule has 3 saturated heterocycles. The van der Waals surface area contributed by atoms with E-state index in [4.69, 9.17) is 4.84 Å². The lowest BCUT2D eigenvalue weighted by Crippen LogP contribution is -2.46. The molecule has 3 aliphatic heterocycles. The third-order valence-electron chi connectivity index (χ3n) is 13.4. The first-order valence-corrected chi connectivity index (χ1v) is 27.4. The van der Waals surface area contributed by atoms with E-state index in [1.54, 1.807) is 30.4 Å². The number of thioether (sulfide) groups is 3. The van der Waals surface area contributed by atoms with Gasteiger partial charge < -0.3 is 15.1 Å². The number of carboxylic acid groups (broad SMARTS) is 2. The number of nitrogens with zero attached hydrogens (tertiary/aromatic N) is 6. The molecule has 0 aromatic carbocycles. The Balaban J connectivity index is 0.000000203. The van der Waals surface area contributed by atoms with Gasteiger partial charge >= 0.3 is 17.9 Å². The van der Waals surface area contributed by atoms with Gasteiger partial charge in [-0.25, -0.2) is 29.3 Å². The molecule has 2 N–H and O–H groups in total. The second kappa shape index (κ2) is 28.1. The molecule has 0 bridgehead atoms. The van der Waals surface area contributed by atoms with Crippen LogP contribution >= 0.6 is 35.3 Å². The molecule has 18 nitrogen and oxygen atoms in total. The largest absolute Gasteiger partial charge is 0.480 e. The van der Waals surface area contributed by atoms with Crippen molar-refractivity contribution in [2.75, 3.05) is 0 Å². The molecule has 6 heterocycles. The first kappa shape index (κ1) is 58.2. The number of carbonyl (C=O) groups excluding carboxylic acids is 7. The monoisotopic (exact) mass is 1060 g/mol. The molecule has 0 radical (unpaired) electrons. The van der Waals surface area contributed by atoms with Crippen molar-refractivity contribution in [2.24, 2.45) is 17.8 Å². The van der Waals surface area contributed by atoms with Crippen LogP contribution in [-0.4, -0.2) is 121 Å². The van der Waals surface area contributed by atoms with Gasteiger partial charge in [0.1, 0.15) is 12.1 Å². The van der Waals surface area contributed by atoms with Crippen LogP contribution in [0.5, 0.6) is 0 Å². The minimum atomic E-state index is -1.13. The zero-order chi connectivity index (χ0) is 53.2. The SMILES string of the molecule is CC(CCC(=O)ON1C(=O)CCC1=O)(Sc1ccccn1)C1CC1.CCC(C)C(CC(C(=O)O)N1C(=O)CCC1=O)Sc1ccccn1.CCC(CC)C(CC(C(=O)O)N1C(=O)CCC1=O)Sc1ccccn1. The van der Waals surface area contributed by atoms with Crippen molar-refractivity contribution >= 4 is 88.6 Å². The van der Waals surface area contributed by atoms with Gasteiger partial charge in [0.25, 0.3) is 11.8 Å². The average Bonchev–Trinajstić information content (AvgIpc) is 4.05. The molecule has 1 saturated carbocycles. The number of aliphatic carboxylic acids is 2. The van der Waals surface area contributed by atoms with Crippen LogP contribution in [0.1, 0.15) is 131 Å². The Hall–Kier alpha value is -5.67. The number of rotatable bonds is 24. The summed E-state index contributed by atoms with van der Waals surface area (Å²) in [6.45, 7) is 10.4. The summed E-state index contributed by atoms with van der Waals surface area (Å²) in [6.07, 6.45) is 12.0. The van der Waals surface area contributed by atoms with Crippen molar-refractivity contribution in [3.63, 3.8) is 0 Å². The molecule has 3 aromatic rings. The highest BCUT2D eigenvalue weighted by Gasteiger charge is 2.44. The summed E-state index contributed by atoms with van der Waals surface area (Å²) in [4.78, 5) is 126. The Morgan fingerprint density at radius 3 is 1.42 bits per heavy atom. The predicted octanol–water partition coefficient (Wildman–Crippen LogP) is 8.28. The summed E-state index contributed by atoms with van der Waals surface area (Å²) >= 11 is 4.71. The number of likely N-dealkylation sites (tertiary alicyclic amines) is 2. The number of carboxylic acids is 2. The number of carbonyl (C=O) groups is 9. The molecule has 394 valence electrons. The maximum absolute atomic E-state index is 12.0. The molecular formula is C52H66N6O12S3. The minimum absolute atomic E-state index is 0.0350. The fraction of sp³-hybridized carbons (Fsp3) is 0.538. The second-order valence-corrected chi connectivity index (χ2v) is 22.6. The van der Waals surface area contributed by atoms with Crippen LogP contribution in [0.3, 0.4) is 0 Å². The molecule has 0 spiro atoms. The van der Waals surface area contributed by atoms with Gasteiger partial charge in [-0.1, -0.05) is 76.9 Å². The highest BCUT2D eigenvalue weighted by Crippen LogP contribution is 2.52. The lowest BCUT2D eigenvalue weighted by molar-refractivity contribution is -0.197. The van der Waals surface area contributed by atoms with E-state index in [2.05, 4.69) is 35.7 Å². The predicted molar refractivity (Wildman–Crippen MR) is 273 cm³/mol. The smallest absolute Gasteiger partial charge is 0.333 e. The van der Waals surface area contributed by atoms with Gasteiger partial charge in [0, 0.05) is 78.8 Å². The topological polar surface area (TPSA) is 252 Å². The van der Waals surface area contributed by atoms with E-state index in [1.807, 2.05) is 68.4 Å². The Kier molecular flexibility index (Phi) is 22.4. The van der Waals surface area contributed by atoms with Crippen LogP contribution in [0.4, 0.5) is 0 Å². The van der Waals surface area contributed by atoms with E-state index in [-0.39, 0.29) is 96.7 Å². The van der Waals surface area contributed by atoms with Crippen LogP contribution < -0.4 is 0 Å². The molecule has 73 heavy (non-hydrogen) atoms. The van der Waals surface area contributed by atoms with Gasteiger partial charge in [-0.15, -0.1) is 28.6 Å². The molecule has 21 heteroatoms. The molecule has 6 amide bonds. The molecule has 6 unspecified atom stereocenters. The van der Waals surface area contributed by atoms with Gasteiger partial charge in [-0.2, -0.15) is 0 Å². The maximum atomic E-state index is 12.0. The van der Waals surface area contributed by atoms with E-state index in [9.17, 15) is 53.4 Å². The number of imide groups is 3.